The minimum absolute atomic E-state index is 1.11. The highest BCUT2D eigenvalue weighted by atomic mass is 79.9. The van der Waals surface area contributed by atoms with Crippen LogP contribution in [0.3, 0.4) is 0 Å². The summed E-state index contributed by atoms with van der Waals surface area (Å²) in [6, 6.07) is 48.4. The van der Waals surface area contributed by atoms with E-state index < -0.39 is 0 Å². The van der Waals surface area contributed by atoms with Crippen LogP contribution in [0.15, 0.2) is 138 Å². The van der Waals surface area contributed by atoms with Gasteiger partial charge in [-0.05, 0) is 79.8 Å². The number of halogens is 1. The van der Waals surface area contributed by atoms with E-state index in [4.69, 9.17) is 0 Å². The number of fused-ring (bicyclic) bond motifs is 9. The van der Waals surface area contributed by atoms with Crippen molar-refractivity contribution in [2.75, 3.05) is 0 Å². The fraction of sp³-hybridized carbons (Fsp3) is 0. The Hall–Kier alpha value is -4.40. The van der Waals surface area contributed by atoms with Crippen LogP contribution in [0.4, 0.5) is 0 Å². The van der Waals surface area contributed by atoms with Gasteiger partial charge in [0.05, 0.1) is 11.0 Å². The lowest BCUT2D eigenvalue weighted by atomic mass is 9.94. The maximum atomic E-state index is 3.87. The van der Waals surface area contributed by atoms with Gasteiger partial charge in [-0.1, -0.05) is 113 Å². The molecule has 0 radical (unpaired) electrons. The fourth-order valence-electron chi connectivity index (χ4n) is 6.15. The van der Waals surface area contributed by atoms with E-state index >= 15 is 0 Å². The number of benzene rings is 7. The number of hydrogen-bond acceptors (Lipinski definition) is 0. The van der Waals surface area contributed by atoms with Crippen molar-refractivity contribution in [3.63, 3.8) is 0 Å². The molecule has 1 aromatic heterocycles. The van der Waals surface area contributed by atoms with Crippen molar-refractivity contribution < 1.29 is 0 Å². The van der Waals surface area contributed by atoms with E-state index in [9.17, 15) is 0 Å². The van der Waals surface area contributed by atoms with Crippen LogP contribution in [-0.2, 0) is 0 Å². The van der Waals surface area contributed by atoms with Crippen LogP contribution in [0.5, 0.6) is 0 Å². The zero-order valence-electron chi connectivity index (χ0n) is 20.5. The van der Waals surface area contributed by atoms with Gasteiger partial charge in [-0.3, -0.25) is 0 Å². The monoisotopic (exact) mass is 547 g/mol. The summed E-state index contributed by atoms with van der Waals surface area (Å²) in [5, 5.41) is 10.2. The molecule has 0 fully saturated rings. The molecule has 0 unspecified atom stereocenters. The van der Waals surface area contributed by atoms with E-state index in [1.165, 1.54) is 70.9 Å². The third kappa shape index (κ3) is 3.11. The molecule has 0 amide bonds. The van der Waals surface area contributed by atoms with Crippen molar-refractivity contribution >= 4 is 70.1 Å². The van der Waals surface area contributed by atoms with Crippen molar-refractivity contribution in [1.29, 1.82) is 0 Å². The third-order valence-corrected chi connectivity index (χ3v) is 8.49. The van der Waals surface area contributed by atoms with Crippen molar-refractivity contribution in [2.24, 2.45) is 0 Å². The molecule has 1 heterocycles. The average molecular weight is 548 g/mol. The fourth-order valence-corrected chi connectivity index (χ4v) is 6.72. The highest BCUT2D eigenvalue weighted by Crippen LogP contribution is 2.40. The molecule has 0 atom stereocenters. The topological polar surface area (TPSA) is 4.93 Å². The number of aromatic nitrogens is 1. The first-order chi connectivity index (χ1) is 18.8. The van der Waals surface area contributed by atoms with Gasteiger partial charge in [-0.15, -0.1) is 0 Å². The van der Waals surface area contributed by atoms with E-state index in [1.807, 2.05) is 0 Å². The van der Waals surface area contributed by atoms with Crippen LogP contribution in [0.2, 0.25) is 0 Å². The molecule has 38 heavy (non-hydrogen) atoms. The molecule has 8 rings (SSSR count). The highest BCUT2D eigenvalue weighted by Gasteiger charge is 2.17. The van der Waals surface area contributed by atoms with E-state index in [1.54, 1.807) is 0 Å². The minimum Gasteiger partial charge on any atom is -0.309 e. The average Bonchev–Trinajstić information content (AvgIpc) is 3.32. The Bertz CT molecular complexity index is 2150. The van der Waals surface area contributed by atoms with Crippen LogP contribution in [0, 0.1) is 0 Å². The summed E-state index contributed by atoms with van der Waals surface area (Å²) < 4.78 is 3.52. The minimum atomic E-state index is 1.11. The highest BCUT2D eigenvalue weighted by molar-refractivity contribution is 9.10. The zero-order valence-corrected chi connectivity index (χ0v) is 22.1. The molecule has 0 aliphatic heterocycles. The van der Waals surface area contributed by atoms with Crippen molar-refractivity contribution in [3.8, 4) is 16.8 Å². The van der Waals surface area contributed by atoms with Crippen LogP contribution in [0.1, 0.15) is 0 Å². The third-order valence-electron chi connectivity index (χ3n) is 7.83. The standard InChI is InChI=1S/C36H22BrN/c37-33-15-8-16-35-36(33)32-21-24(23-9-2-1-3-10-23)17-20-34(32)38(35)25-18-19-30-28-13-5-4-11-26(28)27-12-6-7-14-29(27)31(30)22-25/h1-22H. The molecule has 0 saturated heterocycles. The lowest BCUT2D eigenvalue weighted by Gasteiger charge is -2.14. The molecule has 0 aliphatic carbocycles. The van der Waals surface area contributed by atoms with Gasteiger partial charge in [0, 0.05) is 20.9 Å². The Morgan fingerprint density at radius 2 is 1.03 bits per heavy atom. The van der Waals surface area contributed by atoms with Gasteiger partial charge in [0.15, 0.2) is 0 Å². The van der Waals surface area contributed by atoms with Gasteiger partial charge in [0.1, 0.15) is 0 Å². The lowest BCUT2D eigenvalue weighted by Crippen LogP contribution is -1.94. The second-order valence-corrected chi connectivity index (χ2v) is 10.7. The van der Waals surface area contributed by atoms with Crippen LogP contribution < -0.4 is 0 Å². The van der Waals surface area contributed by atoms with E-state index in [0.29, 0.717) is 0 Å². The summed E-state index contributed by atoms with van der Waals surface area (Å²) in [4.78, 5) is 0. The summed E-state index contributed by atoms with van der Waals surface area (Å²) in [6.45, 7) is 0. The molecule has 0 bridgehead atoms. The summed E-state index contributed by atoms with van der Waals surface area (Å²) in [6.07, 6.45) is 0. The summed E-state index contributed by atoms with van der Waals surface area (Å²) in [5.74, 6) is 0. The van der Waals surface area contributed by atoms with Crippen LogP contribution in [0.25, 0.3) is 70.9 Å². The quantitative estimate of drug-likeness (QED) is 0.189. The number of nitrogens with zero attached hydrogens (tertiary/aromatic N) is 1. The molecule has 8 aromatic rings. The smallest absolute Gasteiger partial charge is 0.0552 e. The Balaban J connectivity index is 1.47. The van der Waals surface area contributed by atoms with Crippen molar-refractivity contribution in [1.82, 2.24) is 4.57 Å². The van der Waals surface area contributed by atoms with Crippen molar-refractivity contribution in [3.05, 3.63) is 138 Å². The van der Waals surface area contributed by atoms with Gasteiger partial charge in [0.25, 0.3) is 0 Å². The summed E-state index contributed by atoms with van der Waals surface area (Å²) >= 11 is 3.87. The second-order valence-electron chi connectivity index (χ2n) is 9.89. The predicted molar refractivity (Wildman–Crippen MR) is 166 cm³/mol. The lowest BCUT2D eigenvalue weighted by molar-refractivity contribution is 1.19. The first-order valence-electron chi connectivity index (χ1n) is 12.9. The van der Waals surface area contributed by atoms with E-state index in [0.717, 1.165) is 4.47 Å². The zero-order chi connectivity index (χ0) is 25.2. The molecule has 2 heteroatoms. The molecular formula is C36H22BrN. The molecule has 0 spiro atoms. The van der Waals surface area contributed by atoms with Crippen LogP contribution >= 0.6 is 15.9 Å². The largest absolute Gasteiger partial charge is 0.309 e. The van der Waals surface area contributed by atoms with Crippen LogP contribution in [-0.4, -0.2) is 4.57 Å². The number of hydrogen-bond donors (Lipinski definition) is 0. The molecule has 1 nitrogen and oxygen atoms in total. The summed E-state index contributed by atoms with van der Waals surface area (Å²) in [5.41, 5.74) is 6.03. The Kier molecular flexibility index (Phi) is 4.74. The first kappa shape index (κ1) is 21.7. The molecular weight excluding hydrogens is 526 g/mol. The number of rotatable bonds is 2. The van der Waals surface area contributed by atoms with Gasteiger partial charge in [0.2, 0.25) is 0 Å². The Labute approximate surface area is 228 Å². The summed E-state index contributed by atoms with van der Waals surface area (Å²) in [7, 11) is 0. The van der Waals surface area contributed by atoms with Gasteiger partial charge < -0.3 is 4.57 Å². The second kappa shape index (κ2) is 8.31. The Morgan fingerprint density at radius 3 is 1.74 bits per heavy atom. The molecule has 0 aliphatic rings. The first-order valence-corrected chi connectivity index (χ1v) is 13.7. The molecule has 0 saturated carbocycles. The maximum Gasteiger partial charge on any atom is 0.0552 e. The van der Waals surface area contributed by atoms with Gasteiger partial charge >= 0.3 is 0 Å². The normalized spacial score (nSPS) is 11.8. The van der Waals surface area contributed by atoms with Crippen molar-refractivity contribution in [2.45, 2.75) is 0 Å². The Morgan fingerprint density at radius 1 is 0.395 bits per heavy atom. The molecule has 178 valence electrons. The maximum absolute atomic E-state index is 3.87. The van der Waals surface area contributed by atoms with Gasteiger partial charge in [-0.2, -0.15) is 0 Å². The van der Waals surface area contributed by atoms with E-state index in [-0.39, 0.29) is 0 Å². The predicted octanol–water partition coefficient (Wildman–Crippen LogP) is 10.7. The molecule has 0 N–H and O–H groups in total. The SMILES string of the molecule is Brc1cccc2c1c1cc(-c3ccccc3)ccc1n2-c1ccc2c3ccccc3c3ccccc3c2c1. The molecule has 7 aromatic carbocycles. The van der Waals surface area contributed by atoms with Gasteiger partial charge in [-0.25, -0.2) is 0 Å². The van der Waals surface area contributed by atoms with E-state index in [2.05, 4.69) is 154 Å².